The maximum atomic E-state index is 12.5. The molecule has 2 fully saturated rings. The molecule has 0 bridgehead atoms. The molecule has 3 atom stereocenters. The number of carbonyl (C=O) groups excluding carboxylic acids is 1. The Morgan fingerprint density at radius 3 is 2.69 bits per heavy atom. The quantitative estimate of drug-likeness (QED) is 0.373. The Kier molecular flexibility index (Phi) is 8.86. The molecule has 1 N–H and O–H groups in total. The topological polar surface area (TPSA) is 46.9 Å². The van der Waals surface area contributed by atoms with Gasteiger partial charge in [0.15, 0.2) is 5.82 Å². The van der Waals surface area contributed by atoms with Crippen LogP contribution in [0.3, 0.4) is 0 Å². The van der Waals surface area contributed by atoms with E-state index in [1.165, 1.54) is 55.3 Å². The van der Waals surface area contributed by atoms with Gasteiger partial charge in [0.1, 0.15) is 5.78 Å². The van der Waals surface area contributed by atoms with Crippen LogP contribution in [0.2, 0.25) is 0 Å². The number of hydrogen-bond acceptors (Lipinski definition) is 3. The molecular weight excluding hydrogens is 430 g/mol. The van der Waals surface area contributed by atoms with Crippen molar-refractivity contribution < 1.29 is 4.79 Å². The fourth-order valence-corrected chi connectivity index (χ4v) is 6.05. The Morgan fingerprint density at radius 1 is 1.11 bits per heavy atom. The molecule has 1 aromatic heterocycles. The number of nitrogens with one attached hydrogen (secondary N) is 1. The van der Waals surface area contributed by atoms with Crippen molar-refractivity contribution in [2.45, 2.75) is 97.9 Å². The summed E-state index contributed by atoms with van der Waals surface area (Å²) in [6.45, 7) is 12.0. The van der Waals surface area contributed by atoms with Gasteiger partial charge in [0, 0.05) is 42.6 Å². The largest absolute Gasteiger partial charge is 0.343 e. The summed E-state index contributed by atoms with van der Waals surface area (Å²) >= 11 is 0. The number of allylic oxidation sites excluding steroid dienone is 1. The van der Waals surface area contributed by atoms with Gasteiger partial charge < -0.3 is 5.32 Å². The first-order chi connectivity index (χ1) is 16.9. The van der Waals surface area contributed by atoms with Gasteiger partial charge in [0.25, 0.3) is 0 Å². The second kappa shape index (κ2) is 12.1. The Morgan fingerprint density at radius 2 is 1.91 bits per heavy atom. The molecule has 2 aliphatic carbocycles. The van der Waals surface area contributed by atoms with Gasteiger partial charge in [0.05, 0.1) is 5.69 Å². The van der Waals surface area contributed by atoms with Crippen molar-refractivity contribution >= 4 is 11.6 Å². The van der Waals surface area contributed by atoms with E-state index in [0.29, 0.717) is 30.5 Å². The van der Waals surface area contributed by atoms with Crippen molar-refractivity contribution in [3.63, 3.8) is 0 Å². The zero-order valence-electron chi connectivity index (χ0n) is 22.2. The third kappa shape index (κ3) is 6.86. The highest BCUT2D eigenvalue weighted by Crippen LogP contribution is 2.35. The summed E-state index contributed by atoms with van der Waals surface area (Å²) < 4.78 is 2.21. The van der Waals surface area contributed by atoms with Crippen LogP contribution in [0, 0.1) is 23.7 Å². The van der Waals surface area contributed by atoms with E-state index in [0.717, 1.165) is 43.2 Å². The minimum absolute atomic E-state index is 0.172. The number of rotatable bonds is 9. The lowest BCUT2D eigenvalue weighted by molar-refractivity contribution is -0.120. The van der Waals surface area contributed by atoms with E-state index in [-0.39, 0.29) is 5.92 Å². The predicted octanol–water partition coefficient (Wildman–Crippen LogP) is 8.04. The van der Waals surface area contributed by atoms with Crippen molar-refractivity contribution in [1.82, 2.24) is 9.78 Å². The third-order valence-corrected chi connectivity index (χ3v) is 8.45. The van der Waals surface area contributed by atoms with Crippen molar-refractivity contribution in [3.8, 4) is 11.3 Å². The van der Waals surface area contributed by atoms with Gasteiger partial charge in [-0.05, 0) is 48.6 Å². The van der Waals surface area contributed by atoms with Crippen LogP contribution in [-0.2, 0) is 17.8 Å². The summed E-state index contributed by atoms with van der Waals surface area (Å²) in [7, 11) is 0. The number of nitrogens with zero attached hydrogens (tertiary/aromatic N) is 2. The van der Waals surface area contributed by atoms with Crippen LogP contribution < -0.4 is 5.32 Å². The molecule has 1 heterocycles. The lowest BCUT2D eigenvalue weighted by Crippen LogP contribution is -2.16. The number of benzene rings is 1. The average molecular weight is 476 g/mol. The van der Waals surface area contributed by atoms with Gasteiger partial charge in [-0.25, -0.2) is 0 Å². The number of carbonyl (C=O) groups is 1. The maximum absolute atomic E-state index is 12.5. The summed E-state index contributed by atoms with van der Waals surface area (Å²) in [5.41, 5.74) is 4.72. The summed E-state index contributed by atoms with van der Waals surface area (Å²) in [6.07, 6.45) is 12.6. The highest BCUT2D eigenvalue weighted by atomic mass is 16.1. The first-order valence-electron chi connectivity index (χ1n) is 14.1. The molecule has 190 valence electrons. The van der Waals surface area contributed by atoms with Gasteiger partial charge in [-0.15, -0.1) is 0 Å². The first kappa shape index (κ1) is 25.7. The van der Waals surface area contributed by atoms with Gasteiger partial charge in [-0.1, -0.05) is 84.1 Å². The number of Topliss-reactive ketones (excluding diaryl/α,β-unsaturated/α-hetero) is 1. The zero-order chi connectivity index (χ0) is 24.8. The smallest absolute Gasteiger partial charge is 0.152 e. The maximum Gasteiger partial charge on any atom is 0.152 e. The molecule has 0 aliphatic heterocycles. The van der Waals surface area contributed by atoms with E-state index in [1.54, 1.807) is 0 Å². The molecule has 2 aliphatic rings. The van der Waals surface area contributed by atoms with E-state index >= 15 is 0 Å². The van der Waals surface area contributed by atoms with Crippen molar-refractivity contribution in [2.75, 3.05) is 5.32 Å². The fourth-order valence-electron chi connectivity index (χ4n) is 6.05. The Hall–Kier alpha value is -2.36. The SMILES string of the molecule is C=C(Nc1cc(-c2cccc(CCC)c2)n(CCC2CCCCC2)n1)C1CC(=O)CC(C)C(C)C1. The zero-order valence-corrected chi connectivity index (χ0v) is 22.2. The van der Waals surface area contributed by atoms with E-state index in [9.17, 15) is 4.79 Å². The van der Waals surface area contributed by atoms with E-state index in [2.05, 4.69) is 67.7 Å². The van der Waals surface area contributed by atoms with Crippen LogP contribution in [0.4, 0.5) is 5.82 Å². The van der Waals surface area contributed by atoms with Crippen molar-refractivity contribution in [1.29, 1.82) is 0 Å². The molecule has 2 saturated carbocycles. The van der Waals surface area contributed by atoms with E-state index < -0.39 is 0 Å². The van der Waals surface area contributed by atoms with E-state index in [1.807, 2.05) is 0 Å². The van der Waals surface area contributed by atoms with Crippen LogP contribution in [0.1, 0.15) is 90.5 Å². The summed E-state index contributed by atoms with van der Waals surface area (Å²) in [5, 5.41) is 8.54. The number of aromatic nitrogens is 2. The van der Waals surface area contributed by atoms with Gasteiger partial charge in [0.2, 0.25) is 0 Å². The number of aryl methyl sites for hydroxylation is 2. The van der Waals surface area contributed by atoms with Gasteiger partial charge in [-0.2, -0.15) is 5.10 Å². The third-order valence-electron chi connectivity index (χ3n) is 8.45. The molecule has 35 heavy (non-hydrogen) atoms. The van der Waals surface area contributed by atoms with E-state index in [4.69, 9.17) is 5.10 Å². The van der Waals surface area contributed by atoms with Crippen LogP contribution >= 0.6 is 0 Å². The van der Waals surface area contributed by atoms with Crippen molar-refractivity contribution in [2.24, 2.45) is 23.7 Å². The standard InChI is InChI=1S/C31H45N3O/c1-5-10-26-13-9-14-27(19-26)30-21-31(33-34(30)16-15-25-11-7-6-8-12-25)32-24(4)28-17-22(2)23(3)18-29(35)20-28/h9,13-14,19,21-23,25,28H,4-8,10-12,15-18,20H2,1-3H3,(H,32,33). The lowest BCUT2D eigenvalue weighted by Gasteiger charge is -2.22. The molecule has 1 aromatic carbocycles. The monoisotopic (exact) mass is 475 g/mol. The number of hydrogen-bond donors (Lipinski definition) is 1. The molecule has 0 saturated heterocycles. The number of anilines is 1. The van der Waals surface area contributed by atoms with Crippen LogP contribution in [0.5, 0.6) is 0 Å². The normalized spacial score (nSPS) is 23.7. The summed E-state index contributed by atoms with van der Waals surface area (Å²) in [4.78, 5) is 12.5. The molecule has 4 heteroatoms. The molecular formula is C31H45N3O. The molecule has 3 unspecified atom stereocenters. The Balaban J connectivity index is 1.54. The van der Waals surface area contributed by atoms with Gasteiger partial charge >= 0.3 is 0 Å². The average Bonchev–Trinajstić information content (AvgIpc) is 3.19. The molecule has 4 nitrogen and oxygen atoms in total. The summed E-state index contributed by atoms with van der Waals surface area (Å²) in [6, 6.07) is 11.1. The first-order valence-corrected chi connectivity index (χ1v) is 14.1. The molecule has 4 rings (SSSR count). The minimum atomic E-state index is 0.172. The van der Waals surface area contributed by atoms with Crippen LogP contribution in [0.15, 0.2) is 42.6 Å². The summed E-state index contributed by atoms with van der Waals surface area (Å²) in [5.74, 6) is 3.18. The Labute approximate surface area is 212 Å². The lowest BCUT2D eigenvalue weighted by atomic mass is 9.87. The highest BCUT2D eigenvalue weighted by Gasteiger charge is 2.29. The van der Waals surface area contributed by atoms with Crippen molar-refractivity contribution in [3.05, 3.63) is 48.2 Å². The van der Waals surface area contributed by atoms with Crippen LogP contribution in [-0.4, -0.2) is 15.6 Å². The molecule has 2 aromatic rings. The predicted molar refractivity (Wildman–Crippen MR) is 146 cm³/mol. The second-order valence-corrected chi connectivity index (χ2v) is 11.4. The molecule has 0 spiro atoms. The van der Waals surface area contributed by atoms with Gasteiger partial charge in [-0.3, -0.25) is 9.48 Å². The minimum Gasteiger partial charge on any atom is -0.343 e. The second-order valence-electron chi connectivity index (χ2n) is 11.4. The molecule has 0 radical (unpaired) electrons. The number of ketones is 1. The highest BCUT2D eigenvalue weighted by molar-refractivity contribution is 5.79. The fraction of sp³-hybridized carbons (Fsp3) is 0.613. The van der Waals surface area contributed by atoms with Crippen LogP contribution in [0.25, 0.3) is 11.3 Å². The molecule has 0 amide bonds. The Bertz CT molecular complexity index is 1000.